The molecule has 0 amide bonds. The zero-order valence-corrected chi connectivity index (χ0v) is 12.6. The van der Waals surface area contributed by atoms with Crippen molar-refractivity contribution in [3.63, 3.8) is 0 Å². The topological polar surface area (TPSA) is 17.8 Å². The number of fused-ring (bicyclic) bond motifs is 1. The van der Waals surface area contributed by atoms with Crippen LogP contribution in [0.25, 0.3) is 11.0 Å². The molecule has 0 saturated heterocycles. The molecule has 0 bridgehead atoms. The van der Waals surface area contributed by atoms with Gasteiger partial charge in [0.1, 0.15) is 5.82 Å². The molecular formula is C15H18Cl2N2. The Hall–Kier alpha value is -0.730. The Morgan fingerprint density at radius 2 is 2.26 bits per heavy atom. The van der Waals surface area contributed by atoms with E-state index in [1.165, 1.54) is 19.3 Å². The van der Waals surface area contributed by atoms with E-state index in [9.17, 15) is 0 Å². The van der Waals surface area contributed by atoms with Crippen molar-refractivity contribution in [3.05, 3.63) is 29.0 Å². The summed E-state index contributed by atoms with van der Waals surface area (Å²) in [4.78, 5) is 4.72. The van der Waals surface area contributed by atoms with Crippen LogP contribution in [0.4, 0.5) is 0 Å². The van der Waals surface area contributed by atoms with E-state index in [0.717, 1.165) is 34.2 Å². The molecule has 1 aliphatic carbocycles. The Morgan fingerprint density at radius 3 is 3.00 bits per heavy atom. The highest BCUT2D eigenvalue weighted by Gasteiger charge is 2.39. The maximum Gasteiger partial charge on any atom is 0.111 e. The van der Waals surface area contributed by atoms with E-state index in [2.05, 4.69) is 11.5 Å². The number of aromatic nitrogens is 2. The maximum atomic E-state index is 6.13. The normalized spacial score (nSPS) is 22.1. The molecular weight excluding hydrogens is 279 g/mol. The number of alkyl halides is 1. The maximum absolute atomic E-state index is 6.13. The fourth-order valence-corrected chi connectivity index (χ4v) is 3.31. The molecule has 19 heavy (non-hydrogen) atoms. The third kappa shape index (κ3) is 2.48. The van der Waals surface area contributed by atoms with Crippen LogP contribution < -0.4 is 0 Å². The van der Waals surface area contributed by atoms with E-state index in [1.54, 1.807) is 0 Å². The van der Waals surface area contributed by atoms with Crippen molar-refractivity contribution >= 4 is 34.2 Å². The van der Waals surface area contributed by atoms with Gasteiger partial charge in [0, 0.05) is 23.4 Å². The summed E-state index contributed by atoms with van der Waals surface area (Å²) in [6.45, 7) is 2.25. The molecule has 1 aliphatic rings. The van der Waals surface area contributed by atoms with E-state index < -0.39 is 0 Å². The summed E-state index contributed by atoms with van der Waals surface area (Å²) >= 11 is 12.0. The van der Waals surface area contributed by atoms with Gasteiger partial charge in [0.2, 0.25) is 0 Å². The molecule has 0 N–H and O–H groups in total. The van der Waals surface area contributed by atoms with Crippen LogP contribution in [0.3, 0.4) is 0 Å². The van der Waals surface area contributed by atoms with Gasteiger partial charge in [0.25, 0.3) is 0 Å². The molecule has 0 spiro atoms. The summed E-state index contributed by atoms with van der Waals surface area (Å²) < 4.78 is 2.38. The van der Waals surface area contributed by atoms with Crippen molar-refractivity contribution in [3.8, 4) is 0 Å². The summed E-state index contributed by atoms with van der Waals surface area (Å²) in [6, 6.07) is 6.54. The van der Waals surface area contributed by atoms with E-state index in [4.69, 9.17) is 28.2 Å². The molecule has 2 aromatic rings. The van der Waals surface area contributed by atoms with Gasteiger partial charge >= 0.3 is 0 Å². The number of aryl methyl sites for hydroxylation is 1. The number of hydrogen-bond donors (Lipinski definition) is 0. The monoisotopic (exact) mass is 296 g/mol. The standard InChI is InChI=1S/C15H18Cl2N2/c1-2-3-10-8-13(10)19-14-9-11(17)4-5-12(14)18-15(19)6-7-16/h4-5,9-10,13H,2-3,6-8H2,1H3. The summed E-state index contributed by atoms with van der Waals surface area (Å²) in [7, 11) is 0. The first kappa shape index (κ1) is 13.3. The number of halogens is 2. The van der Waals surface area contributed by atoms with Crippen molar-refractivity contribution in [2.75, 3.05) is 5.88 Å². The van der Waals surface area contributed by atoms with Gasteiger partial charge in [-0.25, -0.2) is 4.98 Å². The first-order valence-electron chi connectivity index (χ1n) is 6.97. The van der Waals surface area contributed by atoms with Crippen molar-refractivity contribution in [2.45, 2.75) is 38.6 Å². The molecule has 2 unspecified atom stereocenters. The second kappa shape index (κ2) is 5.34. The zero-order valence-electron chi connectivity index (χ0n) is 11.1. The minimum absolute atomic E-state index is 0.599. The van der Waals surface area contributed by atoms with Gasteiger partial charge in [0.05, 0.1) is 11.0 Å². The van der Waals surface area contributed by atoms with Gasteiger partial charge in [-0.15, -0.1) is 11.6 Å². The van der Waals surface area contributed by atoms with Gasteiger partial charge in [-0.3, -0.25) is 0 Å². The van der Waals surface area contributed by atoms with Crippen LogP contribution >= 0.6 is 23.2 Å². The van der Waals surface area contributed by atoms with Crippen molar-refractivity contribution in [2.24, 2.45) is 5.92 Å². The average Bonchev–Trinajstić information content (AvgIpc) is 3.03. The SMILES string of the molecule is CCCC1CC1n1c(CCCl)nc2ccc(Cl)cc21. The van der Waals surface area contributed by atoms with E-state index >= 15 is 0 Å². The van der Waals surface area contributed by atoms with E-state index in [-0.39, 0.29) is 0 Å². The van der Waals surface area contributed by atoms with E-state index in [0.29, 0.717) is 11.9 Å². The van der Waals surface area contributed by atoms with Gasteiger partial charge in [-0.1, -0.05) is 24.9 Å². The van der Waals surface area contributed by atoms with Gasteiger partial charge < -0.3 is 4.57 Å². The summed E-state index contributed by atoms with van der Waals surface area (Å²) in [5.41, 5.74) is 2.20. The quantitative estimate of drug-likeness (QED) is 0.723. The molecule has 0 aliphatic heterocycles. The molecule has 3 rings (SSSR count). The van der Waals surface area contributed by atoms with Gasteiger partial charge in [-0.05, 0) is 37.0 Å². The van der Waals surface area contributed by atoms with Crippen LogP contribution in [0.2, 0.25) is 5.02 Å². The van der Waals surface area contributed by atoms with Crippen molar-refractivity contribution in [1.29, 1.82) is 0 Å². The molecule has 1 saturated carbocycles. The number of rotatable bonds is 5. The zero-order chi connectivity index (χ0) is 13.4. The molecule has 4 heteroatoms. The van der Waals surface area contributed by atoms with Crippen LogP contribution in [0.1, 0.15) is 38.1 Å². The summed E-state index contributed by atoms with van der Waals surface area (Å²) in [5.74, 6) is 2.52. The fraction of sp³-hybridized carbons (Fsp3) is 0.533. The lowest BCUT2D eigenvalue weighted by Crippen LogP contribution is -2.04. The molecule has 1 heterocycles. The molecule has 102 valence electrons. The molecule has 0 radical (unpaired) electrons. The Labute approximate surface area is 123 Å². The Balaban J connectivity index is 2.04. The smallest absolute Gasteiger partial charge is 0.111 e. The lowest BCUT2D eigenvalue weighted by molar-refractivity contribution is 0.600. The Morgan fingerprint density at radius 1 is 1.42 bits per heavy atom. The molecule has 1 fully saturated rings. The largest absolute Gasteiger partial charge is 0.324 e. The minimum atomic E-state index is 0.599. The first-order valence-corrected chi connectivity index (χ1v) is 7.88. The highest BCUT2D eigenvalue weighted by molar-refractivity contribution is 6.31. The van der Waals surface area contributed by atoms with Crippen LogP contribution in [0, 0.1) is 5.92 Å². The van der Waals surface area contributed by atoms with Crippen LogP contribution in [0.15, 0.2) is 18.2 Å². The van der Waals surface area contributed by atoms with Crippen LogP contribution in [0.5, 0.6) is 0 Å². The summed E-state index contributed by atoms with van der Waals surface area (Å²) in [5, 5.41) is 0.777. The highest BCUT2D eigenvalue weighted by Crippen LogP contribution is 2.48. The predicted molar refractivity (Wildman–Crippen MR) is 81.2 cm³/mol. The van der Waals surface area contributed by atoms with Crippen molar-refractivity contribution in [1.82, 2.24) is 9.55 Å². The summed E-state index contributed by atoms with van der Waals surface area (Å²) in [6.07, 6.45) is 4.63. The molecule has 2 atom stereocenters. The second-order valence-electron chi connectivity index (χ2n) is 5.32. The molecule has 1 aromatic heterocycles. The third-order valence-electron chi connectivity index (χ3n) is 3.92. The second-order valence-corrected chi connectivity index (χ2v) is 6.14. The highest BCUT2D eigenvalue weighted by atomic mass is 35.5. The Kier molecular flexibility index (Phi) is 3.72. The van der Waals surface area contributed by atoms with Crippen molar-refractivity contribution < 1.29 is 0 Å². The Bertz CT molecular complexity index is 591. The van der Waals surface area contributed by atoms with Crippen LogP contribution in [-0.2, 0) is 6.42 Å². The minimum Gasteiger partial charge on any atom is -0.324 e. The molecule has 1 aromatic carbocycles. The van der Waals surface area contributed by atoms with Crippen LogP contribution in [-0.4, -0.2) is 15.4 Å². The van der Waals surface area contributed by atoms with Gasteiger partial charge in [0.15, 0.2) is 0 Å². The third-order valence-corrected chi connectivity index (χ3v) is 4.34. The lowest BCUT2D eigenvalue weighted by Gasteiger charge is -2.08. The predicted octanol–water partition coefficient (Wildman–Crippen LogP) is 4.83. The number of nitrogens with zero attached hydrogens (tertiary/aromatic N) is 2. The first-order chi connectivity index (χ1) is 9.24. The number of imidazole rings is 1. The average molecular weight is 297 g/mol. The van der Waals surface area contributed by atoms with Gasteiger partial charge in [-0.2, -0.15) is 0 Å². The van der Waals surface area contributed by atoms with E-state index in [1.807, 2.05) is 18.2 Å². The molecule has 2 nitrogen and oxygen atoms in total. The number of benzene rings is 1. The number of hydrogen-bond acceptors (Lipinski definition) is 1. The fourth-order valence-electron chi connectivity index (χ4n) is 2.98. The lowest BCUT2D eigenvalue weighted by atomic mass is 10.2.